The van der Waals surface area contributed by atoms with Crippen molar-refractivity contribution in [3.05, 3.63) is 89.2 Å². The van der Waals surface area contributed by atoms with Gasteiger partial charge >= 0.3 is 11.9 Å². The SMILES string of the molecule is C.COC(=O)c1cc(C(=O)OC)n2nc(-c3ccccc3)cc2n1.NCc1ccc(F)c(F)c1. The highest BCUT2D eigenvalue weighted by molar-refractivity contribution is 5.94. The Kier molecular flexibility index (Phi) is 8.91. The number of hydrogen-bond donors (Lipinski definition) is 1. The summed E-state index contributed by atoms with van der Waals surface area (Å²) in [6.45, 7) is 0.233. The summed E-state index contributed by atoms with van der Waals surface area (Å²) in [5.74, 6) is -2.94. The number of esters is 2. The molecule has 0 radical (unpaired) electrons. The topological polar surface area (TPSA) is 109 Å². The monoisotopic (exact) mass is 470 g/mol. The van der Waals surface area contributed by atoms with Crippen molar-refractivity contribution in [3.8, 4) is 11.3 Å². The summed E-state index contributed by atoms with van der Waals surface area (Å²) < 4.78 is 35.3. The van der Waals surface area contributed by atoms with Crippen LogP contribution in [-0.4, -0.2) is 40.8 Å². The molecule has 0 saturated heterocycles. The number of nitrogens with two attached hydrogens (primary N) is 1. The Hall–Kier alpha value is -4.18. The predicted molar refractivity (Wildman–Crippen MR) is 122 cm³/mol. The number of benzene rings is 2. The van der Waals surface area contributed by atoms with Crippen molar-refractivity contribution in [1.82, 2.24) is 14.6 Å². The van der Waals surface area contributed by atoms with E-state index in [2.05, 4.69) is 14.8 Å². The van der Waals surface area contributed by atoms with Crippen LogP contribution >= 0.6 is 0 Å². The Balaban J connectivity index is 0.000000314. The van der Waals surface area contributed by atoms with E-state index in [1.807, 2.05) is 30.3 Å². The second-order valence-corrected chi connectivity index (χ2v) is 6.63. The summed E-state index contributed by atoms with van der Waals surface area (Å²) >= 11 is 0. The summed E-state index contributed by atoms with van der Waals surface area (Å²) in [5, 5.41) is 4.38. The molecule has 0 bridgehead atoms. The first-order valence-corrected chi connectivity index (χ1v) is 9.64. The lowest BCUT2D eigenvalue weighted by Crippen LogP contribution is -2.14. The van der Waals surface area contributed by atoms with Crippen LogP contribution in [0.2, 0.25) is 0 Å². The summed E-state index contributed by atoms with van der Waals surface area (Å²) in [6.07, 6.45) is 0. The first-order valence-electron chi connectivity index (χ1n) is 9.64. The molecule has 4 aromatic rings. The molecule has 0 atom stereocenters. The van der Waals surface area contributed by atoms with Gasteiger partial charge in [0.2, 0.25) is 0 Å². The molecular weight excluding hydrogens is 446 g/mol. The maximum Gasteiger partial charge on any atom is 0.356 e. The van der Waals surface area contributed by atoms with Gasteiger partial charge in [-0.1, -0.05) is 43.8 Å². The zero-order valence-electron chi connectivity index (χ0n) is 17.8. The van der Waals surface area contributed by atoms with Gasteiger partial charge in [-0.05, 0) is 17.7 Å². The van der Waals surface area contributed by atoms with E-state index in [-0.39, 0.29) is 25.4 Å². The molecule has 8 nitrogen and oxygen atoms in total. The van der Waals surface area contributed by atoms with Crippen LogP contribution in [-0.2, 0) is 16.0 Å². The number of ether oxygens (including phenoxy) is 2. The Morgan fingerprint density at radius 1 is 0.941 bits per heavy atom. The maximum absolute atomic E-state index is 12.3. The molecule has 2 N–H and O–H groups in total. The lowest BCUT2D eigenvalue weighted by molar-refractivity contribution is 0.0588. The zero-order valence-corrected chi connectivity index (χ0v) is 17.8. The summed E-state index contributed by atoms with van der Waals surface area (Å²) in [5.41, 5.74) is 7.74. The van der Waals surface area contributed by atoms with E-state index < -0.39 is 23.6 Å². The van der Waals surface area contributed by atoms with Gasteiger partial charge in [-0.15, -0.1) is 0 Å². The van der Waals surface area contributed by atoms with Gasteiger partial charge in [0.15, 0.2) is 28.7 Å². The van der Waals surface area contributed by atoms with Crippen LogP contribution in [0, 0.1) is 11.6 Å². The molecule has 10 heteroatoms. The first-order chi connectivity index (χ1) is 15.9. The zero-order chi connectivity index (χ0) is 24.0. The standard InChI is InChI=1S/C16H13N3O4.C7H7F2N.CH4/c1-22-15(20)12-8-13(16(21)23-2)19-14(17-12)9-11(18-19)10-6-4-3-5-7-10;8-6-2-1-5(4-10)3-7(6)9;/h3-9H,1-2H3;1-3H,4,10H2;1H4. The maximum atomic E-state index is 12.3. The van der Waals surface area contributed by atoms with Crippen molar-refractivity contribution in [2.45, 2.75) is 14.0 Å². The number of hydrogen-bond acceptors (Lipinski definition) is 7. The van der Waals surface area contributed by atoms with Crippen molar-refractivity contribution in [2.24, 2.45) is 5.73 Å². The number of carbonyl (C=O) groups excluding carboxylic acids is 2. The van der Waals surface area contributed by atoms with Gasteiger partial charge in [0.25, 0.3) is 0 Å². The van der Waals surface area contributed by atoms with Crippen LogP contribution < -0.4 is 5.73 Å². The quantitative estimate of drug-likeness (QED) is 0.449. The molecule has 2 aromatic carbocycles. The molecular formula is C24H24F2N4O4. The molecule has 34 heavy (non-hydrogen) atoms. The van der Waals surface area contributed by atoms with E-state index in [0.29, 0.717) is 16.9 Å². The third kappa shape index (κ3) is 5.78. The number of halogens is 2. The van der Waals surface area contributed by atoms with Crippen molar-refractivity contribution in [2.75, 3.05) is 14.2 Å². The molecule has 0 amide bonds. The number of nitrogens with zero attached hydrogens (tertiary/aromatic N) is 3. The average Bonchev–Trinajstić information content (AvgIpc) is 3.29. The van der Waals surface area contributed by atoms with E-state index >= 15 is 0 Å². The summed E-state index contributed by atoms with van der Waals surface area (Å²) in [7, 11) is 2.51. The van der Waals surface area contributed by atoms with Crippen LogP contribution in [0.3, 0.4) is 0 Å². The normalized spacial score (nSPS) is 10.0. The van der Waals surface area contributed by atoms with Gasteiger partial charge in [-0.2, -0.15) is 5.10 Å². The number of fused-ring (bicyclic) bond motifs is 1. The predicted octanol–water partition coefficient (Wildman–Crippen LogP) is 4.03. The van der Waals surface area contributed by atoms with E-state index in [1.165, 1.54) is 30.9 Å². The van der Waals surface area contributed by atoms with Gasteiger partial charge in [-0.3, -0.25) is 0 Å². The minimum atomic E-state index is -0.844. The van der Waals surface area contributed by atoms with Crippen LogP contribution in [0.4, 0.5) is 8.78 Å². The highest BCUT2D eigenvalue weighted by atomic mass is 19.2. The second kappa shape index (κ2) is 11.6. The number of methoxy groups -OCH3 is 2. The lowest BCUT2D eigenvalue weighted by Gasteiger charge is -2.05. The van der Waals surface area contributed by atoms with E-state index in [1.54, 1.807) is 6.07 Å². The largest absolute Gasteiger partial charge is 0.464 e. The Morgan fingerprint density at radius 3 is 2.21 bits per heavy atom. The fraction of sp³-hybridized carbons (Fsp3) is 0.167. The molecule has 178 valence electrons. The Morgan fingerprint density at radius 2 is 1.62 bits per heavy atom. The van der Waals surface area contributed by atoms with E-state index in [4.69, 9.17) is 10.5 Å². The van der Waals surface area contributed by atoms with Crippen molar-refractivity contribution < 1.29 is 27.8 Å². The summed E-state index contributed by atoms with van der Waals surface area (Å²) in [4.78, 5) is 27.9. The molecule has 2 heterocycles. The molecule has 0 saturated carbocycles. The van der Waals surface area contributed by atoms with E-state index in [9.17, 15) is 18.4 Å². The van der Waals surface area contributed by atoms with Crippen molar-refractivity contribution in [1.29, 1.82) is 0 Å². The van der Waals surface area contributed by atoms with Gasteiger partial charge < -0.3 is 15.2 Å². The molecule has 0 unspecified atom stereocenters. The minimum absolute atomic E-state index is 0. The Labute approximate surface area is 194 Å². The molecule has 0 aliphatic rings. The van der Waals surface area contributed by atoms with Crippen LogP contribution in [0.15, 0.2) is 60.7 Å². The first kappa shape index (κ1) is 26.1. The Bertz CT molecular complexity index is 1290. The molecule has 4 rings (SSSR count). The molecule has 0 fully saturated rings. The molecule has 0 spiro atoms. The fourth-order valence-electron chi connectivity index (χ4n) is 2.85. The fourth-order valence-corrected chi connectivity index (χ4v) is 2.85. The van der Waals surface area contributed by atoms with Gasteiger partial charge in [0.1, 0.15) is 0 Å². The minimum Gasteiger partial charge on any atom is -0.464 e. The van der Waals surface area contributed by atoms with Crippen LogP contribution in [0.5, 0.6) is 0 Å². The highest BCUT2D eigenvalue weighted by Crippen LogP contribution is 2.20. The molecule has 0 aliphatic carbocycles. The highest BCUT2D eigenvalue weighted by Gasteiger charge is 2.19. The van der Waals surface area contributed by atoms with Crippen molar-refractivity contribution in [3.63, 3.8) is 0 Å². The number of rotatable bonds is 4. The number of aromatic nitrogens is 3. The third-order valence-corrected chi connectivity index (χ3v) is 4.51. The number of carbonyl (C=O) groups is 2. The van der Waals surface area contributed by atoms with Crippen molar-refractivity contribution >= 4 is 17.6 Å². The average molecular weight is 470 g/mol. The molecule has 0 aliphatic heterocycles. The van der Waals surface area contributed by atoms with Crippen LogP contribution in [0.1, 0.15) is 34.0 Å². The van der Waals surface area contributed by atoms with Gasteiger partial charge in [0, 0.05) is 24.2 Å². The van der Waals surface area contributed by atoms with Crippen LogP contribution in [0.25, 0.3) is 16.9 Å². The second-order valence-electron chi connectivity index (χ2n) is 6.63. The summed E-state index contributed by atoms with van der Waals surface area (Å²) in [6, 6.07) is 16.0. The lowest BCUT2D eigenvalue weighted by atomic mass is 10.2. The van der Waals surface area contributed by atoms with E-state index in [0.717, 1.165) is 17.7 Å². The molecule has 2 aromatic heterocycles. The van der Waals surface area contributed by atoms with Gasteiger partial charge in [-0.25, -0.2) is 27.9 Å². The van der Waals surface area contributed by atoms with Gasteiger partial charge in [0.05, 0.1) is 19.9 Å². The smallest absolute Gasteiger partial charge is 0.356 e. The third-order valence-electron chi connectivity index (χ3n) is 4.51.